The number of sulfonamides is 1. The van der Waals surface area contributed by atoms with Crippen LogP contribution in [0.3, 0.4) is 0 Å². The highest BCUT2D eigenvalue weighted by atomic mass is 32.2. The van der Waals surface area contributed by atoms with Crippen LogP contribution in [-0.4, -0.2) is 69.1 Å². The average Bonchev–Trinajstić information content (AvgIpc) is 3.50. The second-order valence-corrected chi connectivity index (χ2v) is 8.67. The van der Waals surface area contributed by atoms with Gasteiger partial charge >= 0.3 is 0 Å². The quantitative estimate of drug-likeness (QED) is 0.564. The SMILES string of the molecule is COc1ccc(OC)c(S(=O)(=O)N2CCN(C(=O)c3cc(-c4ccco4)on3)CC2)c1. The minimum absolute atomic E-state index is 0.0220. The molecule has 164 valence electrons. The van der Waals surface area contributed by atoms with Gasteiger partial charge in [-0.3, -0.25) is 4.79 Å². The first kappa shape index (κ1) is 20.9. The van der Waals surface area contributed by atoms with Crippen molar-refractivity contribution in [2.75, 3.05) is 40.4 Å². The lowest BCUT2D eigenvalue weighted by atomic mass is 10.2. The Morgan fingerprint density at radius 3 is 2.45 bits per heavy atom. The molecule has 0 N–H and O–H groups in total. The molecule has 10 nitrogen and oxygen atoms in total. The highest BCUT2D eigenvalue weighted by Gasteiger charge is 2.33. The van der Waals surface area contributed by atoms with Gasteiger partial charge in [0, 0.05) is 38.3 Å². The van der Waals surface area contributed by atoms with Crippen molar-refractivity contribution in [3.63, 3.8) is 0 Å². The van der Waals surface area contributed by atoms with E-state index in [0.717, 1.165) is 0 Å². The third-order valence-corrected chi connectivity index (χ3v) is 6.93. The Hall–Kier alpha value is -3.31. The lowest BCUT2D eigenvalue weighted by Gasteiger charge is -2.33. The maximum absolute atomic E-state index is 13.2. The molecule has 0 spiro atoms. The van der Waals surface area contributed by atoms with Gasteiger partial charge in [-0.25, -0.2) is 8.42 Å². The molecule has 2 aromatic heterocycles. The minimum atomic E-state index is -3.83. The van der Waals surface area contributed by atoms with Gasteiger partial charge in [-0.15, -0.1) is 0 Å². The zero-order valence-corrected chi connectivity index (χ0v) is 17.8. The molecule has 4 rings (SSSR count). The van der Waals surface area contributed by atoms with Crippen LogP contribution in [-0.2, 0) is 10.0 Å². The molecule has 1 saturated heterocycles. The van der Waals surface area contributed by atoms with E-state index in [2.05, 4.69) is 5.16 Å². The monoisotopic (exact) mass is 447 g/mol. The minimum Gasteiger partial charge on any atom is -0.497 e. The maximum Gasteiger partial charge on any atom is 0.276 e. The molecular weight excluding hydrogens is 426 g/mol. The molecule has 1 aliphatic rings. The van der Waals surface area contributed by atoms with Gasteiger partial charge in [0.25, 0.3) is 5.91 Å². The van der Waals surface area contributed by atoms with Crippen LogP contribution in [0.1, 0.15) is 10.5 Å². The number of aromatic nitrogens is 1. The highest BCUT2D eigenvalue weighted by molar-refractivity contribution is 7.89. The van der Waals surface area contributed by atoms with E-state index < -0.39 is 10.0 Å². The molecule has 0 aliphatic carbocycles. The predicted octanol–water partition coefficient (Wildman–Crippen LogP) is 2.10. The molecule has 0 atom stereocenters. The standard InChI is InChI=1S/C20H21N3O7S/c1-27-14-5-6-17(28-2)19(12-14)31(25,26)23-9-7-22(8-10-23)20(24)15-13-18(30-21-15)16-4-3-11-29-16/h3-6,11-13H,7-10H2,1-2H3. The zero-order valence-electron chi connectivity index (χ0n) is 17.0. The Bertz CT molecular complexity index is 1160. The van der Waals surface area contributed by atoms with Gasteiger partial charge in [-0.2, -0.15) is 4.31 Å². The van der Waals surface area contributed by atoms with Gasteiger partial charge in [-0.05, 0) is 24.3 Å². The van der Waals surface area contributed by atoms with E-state index in [1.54, 1.807) is 29.2 Å². The molecule has 11 heteroatoms. The molecule has 1 amide bonds. The number of piperazine rings is 1. The van der Waals surface area contributed by atoms with Crippen LogP contribution in [0, 0.1) is 0 Å². The summed E-state index contributed by atoms with van der Waals surface area (Å²) in [6.07, 6.45) is 1.50. The van der Waals surface area contributed by atoms with Crippen molar-refractivity contribution in [2.45, 2.75) is 4.90 Å². The summed E-state index contributed by atoms with van der Waals surface area (Å²) < 4.78 is 48.4. The zero-order chi connectivity index (χ0) is 22.0. The number of carbonyl (C=O) groups is 1. The summed E-state index contributed by atoms with van der Waals surface area (Å²) >= 11 is 0. The topological polar surface area (TPSA) is 115 Å². The average molecular weight is 447 g/mol. The second-order valence-electron chi connectivity index (χ2n) is 6.77. The van der Waals surface area contributed by atoms with E-state index in [1.807, 2.05) is 0 Å². The number of rotatable bonds is 6. The van der Waals surface area contributed by atoms with Crippen molar-refractivity contribution in [2.24, 2.45) is 0 Å². The smallest absolute Gasteiger partial charge is 0.276 e. The Kier molecular flexibility index (Phi) is 5.70. The Morgan fingerprint density at radius 2 is 1.81 bits per heavy atom. The van der Waals surface area contributed by atoms with Crippen LogP contribution in [0.5, 0.6) is 11.5 Å². The van der Waals surface area contributed by atoms with E-state index in [1.165, 1.54) is 36.9 Å². The van der Waals surface area contributed by atoms with Crippen LogP contribution < -0.4 is 9.47 Å². The molecular formula is C20H21N3O7S. The summed E-state index contributed by atoms with van der Waals surface area (Å²) in [7, 11) is -0.962. The van der Waals surface area contributed by atoms with Crippen LogP contribution in [0.4, 0.5) is 0 Å². The number of furan rings is 1. The van der Waals surface area contributed by atoms with Crippen molar-refractivity contribution in [3.8, 4) is 23.0 Å². The summed E-state index contributed by atoms with van der Waals surface area (Å²) in [5, 5.41) is 3.82. The van der Waals surface area contributed by atoms with Crippen molar-refractivity contribution in [3.05, 3.63) is 48.4 Å². The van der Waals surface area contributed by atoms with Gasteiger partial charge in [-0.1, -0.05) is 5.16 Å². The van der Waals surface area contributed by atoms with Crippen molar-refractivity contribution >= 4 is 15.9 Å². The fraction of sp³-hybridized carbons (Fsp3) is 0.300. The Morgan fingerprint density at radius 1 is 1.03 bits per heavy atom. The molecule has 0 unspecified atom stereocenters. The molecule has 1 fully saturated rings. The molecule has 0 bridgehead atoms. The van der Waals surface area contributed by atoms with E-state index in [0.29, 0.717) is 17.3 Å². The van der Waals surface area contributed by atoms with Gasteiger partial charge in [0.05, 0.1) is 20.5 Å². The van der Waals surface area contributed by atoms with Crippen molar-refractivity contribution in [1.29, 1.82) is 0 Å². The molecule has 3 heterocycles. The molecule has 1 aliphatic heterocycles. The molecule has 1 aromatic carbocycles. The van der Waals surface area contributed by atoms with Crippen LogP contribution in [0.15, 0.2) is 56.5 Å². The van der Waals surface area contributed by atoms with Crippen LogP contribution in [0.25, 0.3) is 11.5 Å². The molecule has 0 radical (unpaired) electrons. The van der Waals surface area contributed by atoms with Gasteiger partial charge in [0.2, 0.25) is 15.8 Å². The summed E-state index contributed by atoms with van der Waals surface area (Å²) in [5.41, 5.74) is 0.136. The van der Waals surface area contributed by atoms with Gasteiger partial charge in [0.15, 0.2) is 11.5 Å². The van der Waals surface area contributed by atoms with Crippen molar-refractivity contribution in [1.82, 2.24) is 14.4 Å². The maximum atomic E-state index is 13.2. The number of benzene rings is 1. The number of hydrogen-bond acceptors (Lipinski definition) is 8. The fourth-order valence-electron chi connectivity index (χ4n) is 3.33. The number of ether oxygens (including phenoxy) is 2. The number of amides is 1. The second kappa shape index (κ2) is 8.44. The first-order valence-electron chi connectivity index (χ1n) is 9.46. The van der Waals surface area contributed by atoms with Crippen LogP contribution >= 0.6 is 0 Å². The first-order chi connectivity index (χ1) is 14.9. The lowest BCUT2D eigenvalue weighted by Crippen LogP contribution is -2.50. The predicted molar refractivity (Wildman–Crippen MR) is 108 cm³/mol. The van der Waals surface area contributed by atoms with E-state index in [-0.39, 0.29) is 48.4 Å². The number of methoxy groups -OCH3 is 2. The summed E-state index contributed by atoms with van der Waals surface area (Å²) in [6.45, 7) is 0.704. The van der Waals surface area contributed by atoms with Gasteiger partial charge in [0.1, 0.15) is 16.4 Å². The third-order valence-electron chi connectivity index (χ3n) is 5.01. The summed E-state index contributed by atoms with van der Waals surface area (Å²) in [6, 6.07) is 9.51. The van der Waals surface area contributed by atoms with Crippen molar-refractivity contribution < 1.29 is 31.6 Å². The normalized spacial score (nSPS) is 15.1. The highest BCUT2D eigenvalue weighted by Crippen LogP contribution is 2.31. The lowest BCUT2D eigenvalue weighted by molar-refractivity contribution is 0.0687. The van der Waals surface area contributed by atoms with E-state index in [9.17, 15) is 13.2 Å². The third kappa shape index (κ3) is 4.01. The largest absolute Gasteiger partial charge is 0.497 e. The van der Waals surface area contributed by atoms with E-state index in [4.69, 9.17) is 18.4 Å². The summed E-state index contributed by atoms with van der Waals surface area (Å²) in [4.78, 5) is 14.3. The number of carbonyl (C=O) groups excluding carboxylic acids is 1. The van der Waals surface area contributed by atoms with Gasteiger partial charge < -0.3 is 23.3 Å². The fourth-order valence-corrected chi connectivity index (χ4v) is 4.92. The van der Waals surface area contributed by atoms with E-state index >= 15 is 0 Å². The molecule has 3 aromatic rings. The Labute approximate surface area is 179 Å². The van der Waals surface area contributed by atoms with Crippen LogP contribution in [0.2, 0.25) is 0 Å². The first-order valence-corrected chi connectivity index (χ1v) is 10.9. The number of nitrogens with zero attached hydrogens (tertiary/aromatic N) is 3. The number of hydrogen-bond donors (Lipinski definition) is 0. The Balaban J connectivity index is 1.46. The molecule has 0 saturated carbocycles. The summed E-state index contributed by atoms with van der Waals surface area (Å²) in [5.74, 6) is 1.12. The molecule has 31 heavy (non-hydrogen) atoms.